The summed E-state index contributed by atoms with van der Waals surface area (Å²) in [6.07, 6.45) is 19.3. The predicted octanol–water partition coefficient (Wildman–Crippen LogP) is 10.6. The summed E-state index contributed by atoms with van der Waals surface area (Å²) >= 11 is 0. The van der Waals surface area contributed by atoms with Crippen molar-refractivity contribution in [3.05, 3.63) is 48.5 Å². The van der Waals surface area contributed by atoms with Gasteiger partial charge >= 0.3 is 17.1 Å². The van der Waals surface area contributed by atoms with Gasteiger partial charge in [-0.25, -0.2) is 24.3 Å². The molecule has 0 atom stereocenters. The Balaban J connectivity index is 0.000000174. The van der Waals surface area contributed by atoms with Crippen LogP contribution in [0.3, 0.4) is 0 Å². The molecule has 0 nitrogen and oxygen atoms in total. The second kappa shape index (κ2) is 11.2. The maximum absolute atomic E-state index is 2.57. The van der Waals surface area contributed by atoms with Gasteiger partial charge in [0.2, 0.25) is 0 Å². The Morgan fingerprint density at radius 2 is 0.756 bits per heavy atom. The third-order valence-corrected chi connectivity index (χ3v) is 19.4. The molecule has 0 aliphatic heterocycles. The van der Waals surface area contributed by atoms with Gasteiger partial charge in [-0.3, -0.25) is 0 Å². The minimum Gasteiger partial charge on any atom is -0.213 e. The SMILES string of the molecule is CC(C)(C)P([c-]1cccc1)C(C)(C)C.[Fe+2].c1cc[c-](P(C23CC4CC(CC(C4)C2)C3)C23CC4CC(CC(C4)C2)C3)c1. The van der Waals surface area contributed by atoms with Crippen LogP contribution in [0.25, 0.3) is 0 Å². The van der Waals surface area contributed by atoms with Crippen molar-refractivity contribution < 1.29 is 17.1 Å². The minimum absolute atomic E-state index is 0. The van der Waals surface area contributed by atoms with E-state index in [9.17, 15) is 0 Å². The van der Waals surface area contributed by atoms with E-state index in [-0.39, 0.29) is 32.9 Å². The van der Waals surface area contributed by atoms with Crippen molar-refractivity contribution in [2.45, 2.75) is 139 Å². The first-order valence-electron chi connectivity index (χ1n) is 17.0. The monoisotopic (exact) mass is 630 g/mol. The van der Waals surface area contributed by atoms with E-state index in [0.717, 1.165) is 45.8 Å². The summed E-state index contributed by atoms with van der Waals surface area (Å²) in [7, 11) is -0.0678. The molecular formula is C38H56FeP2. The molecule has 0 unspecified atom stereocenters. The number of hydrogen-bond acceptors (Lipinski definition) is 0. The van der Waals surface area contributed by atoms with E-state index in [4.69, 9.17) is 0 Å². The van der Waals surface area contributed by atoms with Crippen LogP contribution in [-0.2, 0) is 17.1 Å². The fourth-order valence-electron chi connectivity index (χ4n) is 12.5. The molecule has 8 bridgehead atoms. The third-order valence-electron chi connectivity index (χ3n) is 12.1. The predicted molar refractivity (Wildman–Crippen MR) is 178 cm³/mol. The summed E-state index contributed by atoms with van der Waals surface area (Å²) in [5, 5.41) is 5.67. The van der Waals surface area contributed by atoms with Crippen LogP contribution in [0.2, 0.25) is 0 Å². The average molecular weight is 631 g/mol. The van der Waals surface area contributed by atoms with Crippen molar-refractivity contribution in [2.24, 2.45) is 35.5 Å². The standard InChI is InChI=1S/C25H34P.C13H22P.Fe/c1-2-4-23(3-1)26(24-11-17-5-18(12-24)7-19(6-17)13-24)25-14-20-8-21(15-25)10-22(9-20)16-25;1-12(2,3)14(13(4,5)6)11-9-7-8-10-11;/h1-4,17-22H,5-16H2;7-10H,1-6H3;/q2*-1;+2. The molecule has 8 aliphatic rings. The summed E-state index contributed by atoms with van der Waals surface area (Å²) in [4.78, 5) is 0. The zero-order chi connectivity index (χ0) is 27.9. The molecule has 0 saturated heterocycles. The summed E-state index contributed by atoms with van der Waals surface area (Å²) in [5.74, 6) is 6.64. The molecule has 8 aliphatic carbocycles. The van der Waals surface area contributed by atoms with Crippen LogP contribution in [0.5, 0.6) is 0 Å². The third kappa shape index (κ3) is 5.80. The van der Waals surface area contributed by atoms with Crippen LogP contribution in [-0.4, -0.2) is 20.6 Å². The molecule has 8 fully saturated rings. The first-order chi connectivity index (χ1) is 18.9. The molecule has 2 aromatic rings. The number of rotatable bonds is 4. The van der Waals surface area contributed by atoms with Crippen molar-refractivity contribution in [3.8, 4) is 0 Å². The van der Waals surface area contributed by atoms with E-state index in [1.54, 1.807) is 82.4 Å². The molecule has 0 heterocycles. The van der Waals surface area contributed by atoms with Crippen LogP contribution in [0.15, 0.2) is 48.5 Å². The van der Waals surface area contributed by atoms with Gasteiger partial charge in [-0.05, 0) is 133 Å². The molecule has 0 radical (unpaired) electrons. The molecule has 0 aromatic heterocycles. The fourth-order valence-corrected chi connectivity index (χ4v) is 21.8. The Morgan fingerprint density at radius 3 is 1.02 bits per heavy atom. The quantitative estimate of drug-likeness (QED) is 0.179. The first-order valence-corrected chi connectivity index (χ1v) is 19.6. The van der Waals surface area contributed by atoms with E-state index in [2.05, 4.69) is 90.1 Å². The van der Waals surface area contributed by atoms with Gasteiger partial charge in [0, 0.05) is 0 Å². The Kier molecular flexibility index (Phi) is 8.45. The van der Waals surface area contributed by atoms with Crippen molar-refractivity contribution in [1.29, 1.82) is 0 Å². The summed E-state index contributed by atoms with van der Waals surface area (Å²) in [6, 6.07) is 18.7. The zero-order valence-corrected chi connectivity index (χ0v) is 29.7. The van der Waals surface area contributed by atoms with E-state index in [0.29, 0.717) is 10.3 Å². The molecule has 0 amide bonds. The van der Waals surface area contributed by atoms with Crippen LogP contribution < -0.4 is 10.6 Å². The van der Waals surface area contributed by atoms with Crippen molar-refractivity contribution >= 4 is 26.5 Å². The van der Waals surface area contributed by atoms with Crippen molar-refractivity contribution in [1.82, 2.24) is 0 Å². The van der Waals surface area contributed by atoms with Gasteiger partial charge in [0.1, 0.15) is 0 Å². The van der Waals surface area contributed by atoms with Gasteiger partial charge in [-0.15, -0.1) is 26.5 Å². The largest absolute Gasteiger partial charge is 2.00 e. The Morgan fingerprint density at radius 1 is 0.488 bits per heavy atom. The molecule has 8 saturated carbocycles. The maximum Gasteiger partial charge on any atom is 2.00 e. The molecule has 3 heteroatoms. The van der Waals surface area contributed by atoms with Crippen LogP contribution in [0.4, 0.5) is 0 Å². The van der Waals surface area contributed by atoms with Crippen LogP contribution in [0, 0.1) is 35.5 Å². The average Bonchev–Trinajstić information content (AvgIpc) is 3.50. The van der Waals surface area contributed by atoms with Gasteiger partial charge in [0.15, 0.2) is 0 Å². The first kappa shape index (κ1) is 31.1. The topological polar surface area (TPSA) is 0 Å². The summed E-state index contributed by atoms with van der Waals surface area (Å²) < 4.78 is 0. The maximum atomic E-state index is 2.57. The fraction of sp³-hybridized carbons (Fsp3) is 0.737. The Labute approximate surface area is 265 Å². The minimum atomic E-state index is -0.101. The Hall–Kier alpha value is 0.0795. The molecule has 10 rings (SSSR count). The van der Waals surface area contributed by atoms with Gasteiger partial charge in [0.05, 0.1) is 0 Å². The second-order valence-corrected chi connectivity index (χ2v) is 24.5. The van der Waals surface area contributed by atoms with E-state index < -0.39 is 0 Å². The normalized spacial score (nSPS) is 39.4. The van der Waals surface area contributed by atoms with E-state index in [1.807, 2.05) is 5.30 Å². The second-order valence-electron chi connectivity index (χ2n) is 17.6. The van der Waals surface area contributed by atoms with Crippen LogP contribution >= 0.6 is 15.8 Å². The molecule has 2 aromatic carbocycles. The summed E-state index contributed by atoms with van der Waals surface area (Å²) in [5.41, 5.74) is 0. The smallest absolute Gasteiger partial charge is 0.213 e. The molecule has 41 heavy (non-hydrogen) atoms. The summed E-state index contributed by atoms with van der Waals surface area (Å²) in [6.45, 7) is 14.1. The zero-order valence-electron chi connectivity index (χ0n) is 26.8. The molecule has 226 valence electrons. The molecule has 0 spiro atoms. The Bertz CT molecular complexity index is 1020. The number of hydrogen-bond donors (Lipinski definition) is 0. The van der Waals surface area contributed by atoms with Crippen LogP contribution in [0.1, 0.15) is 119 Å². The van der Waals surface area contributed by atoms with Gasteiger partial charge in [-0.1, -0.05) is 41.5 Å². The van der Waals surface area contributed by atoms with Crippen molar-refractivity contribution in [3.63, 3.8) is 0 Å². The van der Waals surface area contributed by atoms with Gasteiger partial charge in [0.25, 0.3) is 0 Å². The van der Waals surface area contributed by atoms with Gasteiger partial charge < -0.3 is 0 Å². The van der Waals surface area contributed by atoms with E-state index in [1.165, 1.54) is 0 Å². The van der Waals surface area contributed by atoms with Gasteiger partial charge in [-0.2, -0.15) is 24.3 Å². The van der Waals surface area contributed by atoms with E-state index >= 15 is 0 Å². The molecule has 0 N–H and O–H groups in total. The van der Waals surface area contributed by atoms with Crippen molar-refractivity contribution in [2.75, 3.05) is 0 Å². The molecular weight excluding hydrogens is 574 g/mol.